The Morgan fingerprint density at radius 2 is 1.72 bits per heavy atom. The van der Waals surface area contributed by atoms with Gasteiger partial charge in [0.2, 0.25) is 11.8 Å². The largest absolute Gasteiger partial charge is 0.459 e. The molecule has 0 unspecified atom stereocenters. The summed E-state index contributed by atoms with van der Waals surface area (Å²) in [7, 11) is 0. The van der Waals surface area contributed by atoms with Gasteiger partial charge in [-0.05, 0) is 38.1 Å². The van der Waals surface area contributed by atoms with E-state index in [4.69, 9.17) is 13.3 Å². The SMILES string of the molecule is Cc1cc(C)cc(-c2nnc(SCc3nnc(-c4ccco4)o3)o2)c1. The smallest absolute Gasteiger partial charge is 0.283 e. The summed E-state index contributed by atoms with van der Waals surface area (Å²) in [5, 5.41) is 16.6. The molecule has 0 aliphatic carbocycles. The van der Waals surface area contributed by atoms with Gasteiger partial charge in [-0.1, -0.05) is 29.0 Å². The zero-order valence-electron chi connectivity index (χ0n) is 13.6. The molecule has 25 heavy (non-hydrogen) atoms. The van der Waals surface area contributed by atoms with E-state index in [2.05, 4.69) is 26.5 Å². The highest BCUT2D eigenvalue weighted by Gasteiger charge is 2.14. The van der Waals surface area contributed by atoms with Crippen LogP contribution in [0, 0.1) is 13.8 Å². The molecule has 0 radical (unpaired) electrons. The molecule has 7 nitrogen and oxygen atoms in total. The standard InChI is InChI=1S/C17H14N4O3S/c1-10-6-11(2)8-12(7-10)15-19-21-17(24-15)25-9-14-18-20-16(23-14)13-4-3-5-22-13/h3-8H,9H2,1-2H3. The molecule has 0 N–H and O–H groups in total. The molecule has 0 saturated carbocycles. The van der Waals surface area contributed by atoms with Gasteiger partial charge < -0.3 is 13.3 Å². The molecule has 126 valence electrons. The van der Waals surface area contributed by atoms with Crippen LogP contribution in [0.25, 0.3) is 23.1 Å². The number of hydrogen-bond donors (Lipinski definition) is 0. The van der Waals surface area contributed by atoms with Crippen molar-refractivity contribution in [3.63, 3.8) is 0 Å². The molecule has 4 aromatic rings. The average molecular weight is 354 g/mol. The van der Waals surface area contributed by atoms with Crippen LogP contribution in [0.3, 0.4) is 0 Å². The maximum atomic E-state index is 5.71. The number of thioether (sulfide) groups is 1. The summed E-state index contributed by atoms with van der Waals surface area (Å²) in [6.45, 7) is 4.07. The minimum Gasteiger partial charge on any atom is -0.459 e. The first-order valence-corrected chi connectivity index (χ1v) is 8.57. The highest BCUT2D eigenvalue weighted by atomic mass is 32.2. The van der Waals surface area contributed by atoms with Gasteiger partial charge in [-0.2, -0.15) is 0 Å². The van der Waals surface area contributed by atoms with E-state index in [9.17, 15) is 0 Å². The van der Waals surface area contributed by atoms with Crippen molar-refractivity contribution in [3.05, 3.63) is 53.6 Å². The predicted molar refractivity (Wildman–Crippen MR) is 90.8 cm³/mol. The Kier molecular flexibility index (Phi) is 4.10. The first-order valence-electron chi connectivity index (χ1n) is 7.58. The summed E-state index contributed by atoms with van der Waals surface area (Å²) in [6, 6.07) is 9.66. The number of aromatic nitrogens is 4. The lowest BCUT2D eigenvalue weighted by Crippen LogP contribution is -1.82. The summed E-state index contributed by atoms with van der Waals surface area (Å²) in [5.41, 5.74) is 3.21. The van der Waals surface area contributed by atoms with Crippen molar-refractivity contribution in [3.8, 4) is 23.1 Å². The quantitative estimate of drug-likeness (QED) is 0.490. The Bertz CT molecular complexity index is 971. The van der Waals surface area contributed by atoms with Crippen molar-refractivity contribution in [2.45, 2.75) is 24.8 Å². The highest BCUT2D eigenvalue weighted by Crippen LogP contribution is 2.27. The molecule has 4 rings (SSSR count). The lowest BCUT2D eigenvalue weighted by atomic mass is 10.1. The van der Waals surface area contributed by atoms with Gasteiger partial charge in [0.1, 0.15) is 0 Å². The average Bonchev–Trinajstić information content (AvgIpc) is 3.32. The fraction of sp³-hybridized carbons (Fsp3) is 0.176. The zero-order chi connectivity index (χ0) is 17.2. The molecule has 1 aromatic carbocycles. The van der Waals surface area contributed by atoms with Crippen molar-refractivity contribution in [2.75, 3.05) is 0 Å². The Balaban J connectivity index is 1.45. The van der Waals surface area contributed by atoms with Crippen molar-refractivity contribution in [1.82, 2.24) is 20.4 Å². The Morgan fingerprint density at radius 3 is 2.48 bits per heavy atom. The summed E-state index contributed by atoms with van der Waals surface area (Å²) in [6.07, 6.45) is 1.56. The minimum absolute atomic E-state index is 0.349. The van der Waals surface area contributed by atoms with Crippen LogP contribution in [0.2, 0.25) is 0 Å². The second kappa shape index (κ2) is 6.56. The maximum Gasteiger partial charge on any atom is 0.283 e. The van der Waals surface area contributed by atoms with Crippen molar-refractivity contribution < 1.29 is 13.3 Å². The molecule has 3 heterocycles. The molecule has 0 atom stereocenters. The van der Waals surface area contributed by atoms with Gasteiger partial charge in [-0.15, -0.1) is 20.4 Å². The second-order valence-corrected chi connectivity index (χ2v) is 6.44. The number of aryl methyl sites for hydroxylation is 2. The third-order valence-electron chi connectivity index (χ3n) is 3.39. The second-order valence-electron chi connectivity index (χ2n) is 5.52. The normalized spacial score (nSPS) is 11.1. The van der Waals surface area contributed by atoms with E-state index in [0.29, 0.717) is 34.4 Å². The Hall–Kier alpha value is -2.87. The van der Waals surface area contributed by atoms with Gasteiger partial charge in [-0.25, -0.2) is 0 Å². The molecule has 0 saturated heterocycles. The number of furan rings is 1. The Morgan fingerprint density at radius 1 is 0.920 bits per heavy atom. The molecule has 0 aliphatic rings. The molecule has 0 bridgehead atoms. The van der Waals surface area contributed by atoms with Crippen LogP contribution >= 0.6 is 11.8 Å². The molecule has 0 fully saturated rings. The third kappa shape index (κ3) is 3.48. The maximum absolute atomic E-state index is 5.71. The van der Waals surface area contributed by atoms with Crippen molar-refractivity contribution in [1.29, 1.82) is 0 Å². The molecule has 0 spiro atoms. The number of hydrogen-bond acceptors (Lipinski definition) is 8. The van der Waals surface area contributed by atoms with Crippen LogP contribution in [-0.2, 0) is 5.75 Å². The van der Waals surface area contributed by atoms with Gasteiger partial charge in [-0.3, -0.25) is 0 Å². The molecular weight excluding hydrogens is 340 g/mol. The van der Waals surface area contributed by atoms with Crippen LogP contribution in [0.4, 0.5) is 0 Å². The molecular formula is C17H14N4O3S. The first kappa shape index (κ1) is 15.6. The first-order chi connectivity index (χ1) is 12.2. The topological polar surface area (TPSA) is 91.0 Å². The molecule has 0 amide bonds. The van der Waals surface area contributed by atoms with E-state index in [0.717, 1.165) is 16.7 Å². The third-order valence-corrected chi connectivity index (χ3v) is 4.20. The van der Waals surface area contributed by atoms with Crippen molar-refractivity contribution >= 4 is 11.8 Å². The van der Waals surface area contributed by atoms with Crippen LogP contribution in [0.15, 0.2) is 55.1 Å². The van der Waals surface area contributed by atoms with Crippen LogP contribution in [-0.4, -0.2) is 20.4 Å². The van der Waals surface area contributed by atoms with Gasteiger partial charge >= 0.3 is 0 Å². The van der Waals surface area contributed by atoms with Gasteiger partial charge in [0.25, 0.3) is 11.1 Å². The number of nitrogens with zero attached hydrogens (tertiary/aromatic N) is 4. The van der Waals surface area contributed by atoms with Crippen molar-refractivity contribution in [2.24, 2.45) is 0 Å². The monoisotopic (exact) mass is 354 g/mol. The zero-order valence-corrected chi connectivity index (χ0v) is 14.4. The van der Waals surface area contributed by atoms with Gasteiger partial charge in [0.15, 0.2) is 5.76 Å². The molecule has 0 aliphatic heterocycles. The summed E-state index contributed by atoms with van der Waals surface area (Å²) in [4.78, 5) is 0. The van der Waals surface area contributed by atoms with E-state index in [1.807, 2.05) is 26.0 Å². The lowest BCUT2D eigenvalue weighted by Gasteiger charge is -1.99. The number of rotatable bonds is 5. The van der Waals surface area contributed by atoms with Crippen LogP contribution < -0.4 is 0 Å². The van der Waals surface area contributed by atoms with E-state index in [-0.39, 0.29) is 0 Å². The van der Waals surface area contributed by atoms with E-state index in [1.54, 1.807) is 18.4 Å². The molecule has 8 heteroatoms. The molecule has 3 aromatic heterocycles. The fourth-order valence-corrected chi connectivity index (χ4v) is 3.02. The Labute approximate surface area is 147 Å². The van der Waals surface area contributed by atoms with E-state index < -0.39 is 0 Å². The van der Waals surface area contributed by atoms with Gasteiger partial charge in [0, 0.05) is 5.56 Å². The summed E-state index contributed by atoms with van der Waals surface area (Å²) < 4.78 is 16.5. The van der Waals surface area contributed by atoms with E-state index in [1.165, 1.54) is 11.8 Å². The predicted octanol–water partition coefficient (Wildman–Crippen LogP) is 4.29. The lowest BCUT2D eigenvalue weighted by molar-refractivity contribution is 0.463. The van der Waals surface area contributed by atoms with Crippen LogP contribution in [0.5, 0.6) is 0 Å². The van der Waals surface area contributed by atoms with E-state index >= 15 is 0 Å². The minimum atomic E-state index is 0.349. The number of benzene rings is 1. The van der Waals surface area contributed by atoms with Crippen LogP contribution in [0.1, 0.15) is 17.0 Å². The van der Waals surface area contributed by atoms with Gasteiger partial charge in [0.05, 0.1) is 12.0 Å². The summed E-state index contributed by atoms with van der Waals surface area (Å²) >= 11 is 1.34. The summed E-state index contributed by atoms with van der Waals surface area (Å²) in [5.74, 6) is 2.28. The highest BCUT2D eigenvalue weighted by molar-refractivity contribution is 7.98. The fourth-order valence-electron chi connectivity index (χ4n) is 2.42.